The lowest BCUT2D eigenvalue weighted by Gasteiger charge is -2.22. The molecule has 0 saturated heterocycles. The Bertz CT molecular complexity index is 1210. The first-order valence-corrected chi connectivity index (χ1v) is 12.5. The highest BCUT2D eigenvalue weighted by Gasteiger charge is 2.53. The Morgan fingerprint density at radius 2 is 2.03 bits per heavy atom. The van der Waals surface area contributed by atoms with Crippen molar-refractivity contribution in [3.05, 3.63) is 53.6 Å². The summed E-state index contributed by atoms with van der Waals surface area (Å²) in [7, 11) is 0. The molecule has 2 aliphatic carbocycles. The Morgan fingerprint density at radius 3 is 2.74 bits per heavy atom. The molecule has 3 aromatic rings. The van der Waals surface area contributed by atoms with Crippen LogP contribution >= 0.6 is 0 Å². The van der Waals surface area contributed by atoms with Crippen molar-refractivity contribution in [2.45, 2.75) is 65.3 Å². The summed E-state index contributed by atoms with van der Waals surface area (Å²) < 4.78 is 2.11. The predicted molar refractivity (Wildman–Crippen MR) is 133 cm³/mol. The molecule has 1 aromatic carbocycles. The van der Waals surface area contributed by atoms with Gasteiger partial charge in [-0.15, -0.1) is 0 Å². The zero-order valence-electron chi connectivity index (χ0n) is 20.1. The number of nitrogens with zero attached hydrogens (tertiary/aromatic N) is 3. The molecular weight excluding hydrogens is 426 g/mol. The van der Waals surface area contributed by atoms with Gasteiger partial charge < -0.3 is 15.2 Å². The first-order chi connectivity index (χ1) is 16.5. The van der Waals surface area contributed by atoms with Gasteiger partial charge >= 0.3 is 0 Å². The summed E-state index contributed by atoms with van der Waals surface area (Å²) in [5.41, 5.74) is 4.18. The molecule has 34 heavy (non-hydrogen) atoms. The van der Waals surface area contributed by atoms with Crippen molar-refractivity contribution in [3.63, 3.8) is 0 Å². The monoisotopic (exact) mass is 459 g/mol. The quantitative estimate of drug-likeness (QED) is 0.536. The number of pyridine rings is 1. The molecule has 2 aliphatic rings. The Kier molecular flexibility index (Phi) is 6.11. The summed E-state index contributed by atoms with van der Waals surface area (Å²) in [6.45, 7) is 4.83. The Morgan fingerprint density at radius 1 is 1.21 bits per heavy atom. The molecule has 1 spiro atoms. The van der Waals surface area contributed by atoms with Crippen LogP contribution in [0.3, 0.4) is 0 Å². The van der Waals surface area contributed by atoms with Gasteiger partial charge in [-0.05, 0) is 54.4 Å². The van der Waals surface area contributed by atoms with Gasteiger partial charge in [0.25, 0.3) is 5.91 Å². The maximum Gasteiger partial charge on any atom is 0.253 e. The van der Waals surface area contributed by atoms with E-state index in [9.17, 15) is 9.59 Å². The molecule has 1 atom stereocenters. The molecule has 0 aliphatic heterocycles. The normalized spacial score (nSPS) is 18.7. The van der Waals surface area contributed by atoms with Crippen LogP contribution in [0.1, 0.15) is 74.1 Å². The number of aryl methyl sites for hydroxylation is 1. The number of hydrogen-bond donors (Lipinski definition) is 2. The van der Waals surface area contributed by atoms with E-state index in [4.69, 9.17) is 4.98 Å². The molecule has 0 radical (unpaired) electrons. The van der Waals surface area contributed by atoms with Gasteiger partial charge in [0.2, 0.25) is 5.91 Å². The van der Waals surface area contributed by atoms with Crippen molar-refractivity contribution < 1.29 is 9.59 Å². The number of carbonyl (C=O) groups is 2. The number of anilines is 1. The largest absolute Gasteiger partial charge is 0.352 e. The standard InChI is InChI=1S/C27H33N5O2/c1-3-24-31-23-13-21(30-18(2)33)12-22(25(23)32(24)17-19-8-7-11-28-15-19)26(34)29-16-20-14-27(20)9-5-4-6-10-27/h7-8,11-13,15,20H,3-6,9-10,14,16-17H2,1-2H3,(H,29,34)(H,30,33)/t20-/m1/s1. The van der Waals surface area contributed by atoms with Crippen molar-refractivity contribution in [3.8, 4) is 0 Å². The smallest absolute Gasteiger partial charge is 0.253 e. The molecule has 0 unspecified atom stereocenters. The maximum atomic E-state index is 13.5. The van der Waals surface area contributed by atoms with Crippen LogP contribution in [-0.4, -0.2) is 32.9 Å². The van der Waals surface area contributed by atoms with Crippen LogP contribution in [0.15, 0.2) is 36.7 Å². The van der Waals surface area contributed by atoms with Crippen LogP contribution in [0.25, 0.3) is 11.0 Å². The third kappa shape index (κ3) is 4.43. The van der Waals surface area contributed by atoms with Crippen LogP contribution < -0.4 is 10.6 Å². The molecule has 0 bridgehead atoms. The van der Waals surface area contributed by atoms with Crippen LogP contribution in [0.4, 0.5) is 5.69 Å². The first kappa shape index (κ1) is 22.6. The number of benzene rings is 1. The second-order valence-corrected chi connectivity index (χ2v) is 9.94. The summed E-state index contributed by atoms with van der Waals surface area (Å²) in [5.74, 6) is 1.20. The minimum absolute atomic E-state index is 0.106. The fourth-order valence-corrected chi connectivity index (χ4v) is 5.78. The van der Waals surface area contributed by atoms with E-state index in [1.54, 1.807) is 12.3 Å². The molecule has 2 N–H and O–H groups in total. The van der Waals surface area contributed by atoms with Crippen molar-refractivity contribution in [1.29, 1.82) is 0 Å². The molecule has 2 saturated carbocycles. The van der Waals surface area contributed by atoms with E-state index in [0.717, 1.165) is 23.3 Å². The maximum absolute atomic E-state index is 13.5. The van der Waals surface area contributed by atoms with E-state index < -0.39 is 0 Å². The molecular formula is C27H33N5O2. The second kappa shape index (κ2) is 9.20. The van der Waals surface area contributed by atoms with Crippen LogP contribution in [0.5, 0.6) is 0 Å². The number of aromatic nitrogens is 3. The average molecular weight is 460 g/mol. The van der Waals surface area contributed by atoms with E-state index in [1.807, 2.05) is 24.4 Å². The number of carbonyl (C=O) groups excluding carboxylic acids is 2. The lowest BCUT2D eigenvalue weighted by Crippen LogP contribution is -2.28. The van der Waals surface area contributed by atoms with E-state index >= 15 is 0 Å². The summed E-state index contributed by atoms with van der Waals surface area (Å²) in [6, 6.07) is 7.58. The number of fused-ring (bicyclic) bond motifs is 1. The highest BCUT2D eigenvalue weighted by atomic mass is 16.2. The summed E-state index contributed by atoms with van der Waals surface area (Å²) in [4.78, 5) is 34.3. The summed E-state index contributed by atoms with van der Waals surface area (Å²) in [6.07, 6.45) is 12.1. The molecule has 178 valence electrons. The fraction of sp³-hybridized carbons (Fsp3) is 0.481. The minimum atomic E-state index is -0.173. The number of rotatable bonds is 7. The zero-order valence-corrected chi connectivity index (χ0v) is 20.1. The lowest BCUT2D eigenvalue weighted by molar-refractivity contribution is -0.114. The van der Waals surface area contributed by atoms with Crippen molar-refractivity contribution in [1.82, 2.24) is 19.9 Å². The lowest BCUT2D eigenvalue weighted by atomic mass is 9.84. The number of imidazole rings is 1. The van der Waals surface area contributed by atoms with E-state index in [-0.39, 0.29) is 11.8 Å². The van der Waals surface area contributed by atoms with Gasteiger partial charge in [-0.2, -0.15) is 0 Å². The summed E-state index contributed by atoms with van der Waals surface area (Å²) in [5, 5.41) is 6.05. The number of amides is 2. The molecule has 2 aromatic heterocycles. The highest BCUT2D eigenvalue weighted by Crippen LogP contribution is 2.61. The van der Waals surface area contributed by atoms with Gasteiger partial charge in [-0.1, -0.05) is 32.3 Å². The fourth-order valence-electron chi connectivity index (χ4n) is 5.78. The second-order valence-electron chi connectivity index (χ2n) is 9.94. The third-order valence-corrected chi connectivity index (χ3v) is 7.58. The van der Waals surface area contributed by atoms with Crippen LogP contribution in [0, 0.1) is 11.3 Å². The third-order valence-electron chi connectivity index (χ3n) is 7.58. The van der Waals surface area contributed by atoms with Gasteiger partial charge in [0, 0.05) is 38.0 Å². The zero-order chi connectivity index (χ0) is 23.7. The van der Waals surface area contributed by atoms with Gasteiger partial charge in [-0.3, -0.25) is 14.6 Å². The van der Waals surface area contributed by atoms with Crippen LogP contribution in [-0.2, 0) is 17.8 Å². The summed E-state index contributed by atoms with van der Waals surface area (Å²) >= 11 is 0. The SMILES string of the molecule is CCc1nc2cc(NC(C)=O)cc(C(=O)NC[C@H]3CC34CCCCC4)c2n1Cc1cccnc1. The van der Waals surface area contributed by atoms with E-state index in [0.29, 0.717) is 41.2 Å². The van der Waals surface area contributed by atoms with Gasteiger partial charge in [-0.25, -0.2) is 4.98 Å². The topological polar surface area (TPSA) is 88.9 Å². The van der Waals surface area contributed by atoms with Crippen molar-refractivity contribution in [2.24, 2.45) is 11.3 Å². The van der Waals surface area contributed by atoms with Gasteiger partial charge in [0.05, 0.1) is 23.1 Å². The minimum Gasteiger partial charge on any atom is -0.352 e. The molecule has 7 nitrogen and oxygen atoms in total. The van der Waals surface area contributed by atoms with Crippen LogP contribution in [0.2, 0.25) is 0 Å². The first-order valence-electron chi connectivity index (χ1n) is 12.5. The Balaban J connectivity index is 1.48. The number of hydrogen-bond acceptors (Lipinski definition) is 4. The highest BCUT2D eigenvalue weighted by molar-refractivity contribution is 6.07. The van der Waals surface area contributed by atoms with E-state index in [2.05, 4.69) is 27.1 Å². The number of nitrogens with one attached hydrogen (secondary N) is 2. The Hall–Kier alpha value is -3.22. The molecule has 2 heterocycles. The van der Waals surface area contributed by atoms with Gasteiger partial charge in [0.1, 0.15) is 5.82 Å². The molecule has 2 amide bonds. The molecule has 5 rings (SSSR count). The van der Waals surface area contributed by atoms with Gasteiger partial charge in [0.15, 0.2) is 0 Å². The predicted octanol–water partition coefficient (Wildman–Crippen LogP) is 4.70. The van der Waals surface area contributed by atoms with Crippen molar-refractivity contribution in [2.75, 3.05) is 11.9 Å². The van der Waals surface area contributed by atoms with Crippen molar-refractivity contribution >= 4 is 28.5 Å². The Labute approximate surface area is 200 Å². The van der Waals surface area contributed by atoms with E-state index in [1.165, 1.54) is 45.4 Å². The molecule has 7 heteroatoms. The molecule has 2 fully saturated rings. The average Bonchev–Trinajstić information content (AvgIpc) is 3.37.